The molecule has 0 saturated heterocycles. The molecule has 0 amide bonds. The number of rotatable bonds is 6. The first-order valence-electron chi connectivity index (χ1n) is 8.28. The largest absolute Gasteiger partial charge is 0.411 e. The van der Waals surface area contributed by atoms with Crippen LogP contribution in [-0.4, -0.2) is 37.2 Å². The second-order valence-electron chi connectivity index (χ2n) is 6.03. The third-order valence-electron chi connectivity index (χ3n) is 4.15. The maximum Gasteiger partial charge on any atom is 0.379 e. The number of nitrogens with one attached hydrogen (secondary N) is 1. The maximum absolute atomic E-state index is 14.1. The molecule has 0 spiro atoms. The molecule has 0 aliphatic heterocycles. The number of halogens is 2. The normalized spacial score (nSPS) is 11.0. The molecular weight excluding hydrogens is 393 g/mol. The van der Waals surface area contributed by atoms with Gasteiger partial charge in [-0.25, -0.2) is 13.9 Å². The SMILES string of the molecule is CCc1nn(Cc2cc(F)cc(C(=O)c3c(Cl)[nH]n(C)c3=O)c2)c(=O)n1OC. The van der Waals surface area contributed by atoms with Gasteiger partial charge in [0.05, 0.1) is 6.54 Å². The second-order valence-corrected chi connectivity index (χ2v) is 6.41. The van der Waals surface area contributed by atoms with Crippen molar-refractivity contribution in [3.8, 4) is 0 Å². The van der Waals surface area contributed by atoms with Crippen molar-refractivity contribution in [3.05, 3.63) is 72.5 Å². The van der Waals surface area contributed by atoms with Crippen LogP contribution in [-0.2, 0) is 20.0 Å². The van der Waals surface area contributed by atoms with Crippen LogP contribution < -0.4 is 16.1 Å². The lowest BCUT2D eigenvalue weighted by molar-refractivity contribution is 0.103. The van der Waals surface area contributed by atoms with Crippen LogP contribution >= 0.6 is 11.6 Å². The third kappa shape index (κ3) is 3.38. The molecule has 148 valence electrons. The summed E-state index contributed by atoms with van der Waals surface area (Å²) in [6, 6.07) is 3.57. The molecule has 0 bridgehead atoms. The Morgan fingerprint density at radius 1 is 1.32 bits per heavy atom. The van der Waals surface area contributed by atoms with Gasteiger partial charge in [0.1, 0.15) is 23.6 Å². The number of benzene rings is 1. The van der Waals surface area contributed by atoms with Crippen LogP contribution in [0.15, 0.2) is 27.8 Å². The van der Waals surface area contributed by atoms with E-state index in [9.17, 15) is 18.8 Å². The van der Waals surface area contributed by atoms with Crippen molar-refractivity contribution in [2.45, 2.75) is 19.9 Å². The van der Waals surface area contributed by atoms with Gasteiger partial charge in [-0.2, -0.15) is 5.10 Å². The average Bonchev–Trinajstić information content (AvgIpc) is 3.09. The molecule has 0 fully saturated rings. The van der Waals surface area contributed by atoms with E-state index in [-0.39, 0.29) is 22.8 Å². The van der Waals surface area contributed by atoms with E-state index in [1.165, 1.54) is 26.3 Å². The molecule has 2 heterocycles. The lowest BCUT2D eigenvalue weighted by Crippen LogP contribution is -2.29. The van der Waals surface area contributed by atoms with Gasteiger partial charge in [0, 0.05) is 19.0 Å². The summed E-state index contributed by atoms with van der Waals surface area (Å²) in [6.45, 7) is 1.72. The molecule has 9 nitrogen and oxygen atoms in total. The Hall–Kier alpha value is -3.14. The number of ketones is 1. The molecule has 0 saturated carbocycles. The van der Waals surface area contributed by atoms with E-state index in [4.69, 9.17) is 16.4 Å². The average molecular weight is 410 g/mol. The highest BCUT2D eigenvalue weighted by Gasteiger charge is 2.22. The van der Waals surface area contributed by atoms with Gasteiger partial charge in [-0.1, -0.05) is 18.5 Å². The van der Waals surface area contributed by atoms with E-state index in [0.717, 1.165) is 20.2 Å². The zero-order chi connectivity index (χ0) is 20.6. The number of carbonyl (C=O) groups excluding carboxylic acids is 1. The Morgan fingerprint density at radius 2 is 2.04 bits per heavy atom. The molecule has 0 aliphatic rings. The third-order valence-corrected chi connectivity index (χ3v) is 4.42. The highest BCUT2D eigenvalue weighted by Crippen LogP contribution is 2.17. The maximum atomic E-state index is 14.1. The van der Waals surface area contributed by atoms with Crippen molar-refractivity contribution < 1.29 is 14.0 Å². The van der Waals surface area contributed by atoms with Gasteiger partial charge < -0.3 is 4.84 Å². The van der Waals surface area contributed by atoms with Crippen molar-refractivity contribution >= 4 is 17.4 Å². The zero-order valence-corrected chi connectivity index (χ0v) is 16.1. The van der Waals surface area contributed by atoms with E-state index in [2.05, 4.69) is 10.2 Å². The summed E-state index contributed by atoms with van der Waals surface area (Å²) in [5.74, 6) is -1.02. The molecule has 11 heteroatoms. The highest BCUT2D eigenvalue weighted by atomic mass is 35.5. The molecule has 3 aromatic rings. The van der Waals surface area contributed by atoms with Gasteiger partial charge in [0.25, 0.3) is 5.56 Å². The monoisotopic (exact) mass is 409 g/mol. The standard InChI is InChI=1S/C17H17ClFN5O4/c1-4-12-20-23(17(27)24(12)28-3)8-9-5-10(7-11(19)6-9)14(25)13-15(18)21-22(2)16(13)26/h5-7,21H,4,8H2,1-3H3. The minimum absolute atomic E-state index is 0.0662. The number of H-pyrrole nitrogens is 1. The smallest absolute Gasteiger partial charge is 0.379 e. The van der Waals surface area contributed by atoms with Crippen molar-refractivity contribution in [3.63, 3.8) is 0 Å². The summed E-state index contributed by atoms with van der Waals surface area (Å²) in [6.07, 6.45) is 0.457. The molecule has 28 heavy (non-hydrogen) atoms. The number of aromatic nitrogens is 5. The minimum Gasteiger partial charge on any atom is -0.411 e. The number of carbonyl (C=O) groups is 1. The molecule has 3 rings (SSSR count). The molecule has 0 unspecified atom stereocenters. The minimum atomic E-state index is -0.725. The first kappa shape index (κ1) is 19.6. The van der Waals surface area contributed by atoms with Crippen LogP contribution in [0.3, 0.4) is 0 Å². The van der Waals surface area contributed by atoms with Gasteiger partial charge in [0.2, 0.25) is 5.78 Å². The summed E-state index contributed by atoms with van der Waals surface area (Å²) in [5, 5.41) is 6.52. The number of hydrogen-bond donors (Lipinski definition) is 1. The molecule has 0 radical (unpaired) electrons. The predicted molar refractivity (Wildman–Crippen MR) is 98.3 cm³/mol. The summed E-state index contributed by atoms with van der Waals surface area (Å²) in [5.41, 5.74) is -1.18. The molecular formula is C17H17ClFN5O4. The fraction of sp³-hybridized carbons (Fsp3) is 0.294. The highest BCUT2D eigenvalue weighted by molar-refractivity contribution is 6.33. The topological polar surface area (TPSA) is 104 Å². The van der Waals surface area contributed by atoms with Crippen LogP contribution in [0.5, 0.6) is 0 Å². The molecule has 1 N–H and O–H groups in total. The summed E-state index contributed by atoms with van der Waals surface area (Å²) in [7, 11) is 2.75. The fourth-order valence-corrected chi connectivity index (χ4v) is 3.13. The Morgan fingerprint density at radius 3 is 2.57 bits per heavy atom. The quantitative estimate of drug-likeness (QED) is 0.605. The van der Waals surface area contributed by atoms with E-state index < -0.39 is 22.8 Å². The van der Waals surface area contributed by atoms with E-state index >= 15 is 0 Å². The Labute approximate surface area is 162 Å². The lowest BCUT2D eigenvalue weighted by Gasteiger charge is -2.05. The van der Waals surface area contributed by atoms with Gasteiger partial charge in [-0.05, 0) is 23.8 Å². The van der Waals surface area contributed by atoms with Crippen LogP contribution in [0.4, 0.5) is 4.39 Å². The molecule has 0 atom stereocenters. The summed E-state index contributed by atoms with van der Waals surface area (Å²) < 4.78 is 17.3. The van der Waals surface area contributed by atoms with Crippen LogP contribution in [0, 0.1) is 5.82 Å². The first-order valence-corrected chi connectivity index (χ1v) is 8.66. The van der Waals surface area contributed by atoms with Crippen molar-refractivity contribution in [1.82, 2.24) is 24.3 Å². The van der Waals surface area contributed by atoms with Crippen molar-refractivity contribution in [2.75, 3.05) is 7.11 Å². The van der Waals surface area contributed by atoms with Gasteiger partial charge in [-0.3, -0.25) is 19.4 Å². The van der Waals surface area contributed by atoms with E-state index in [1.54, 1.807) is 0 Å². The Kier molecular flexibility index (Phi) is 5.23. The number of aryl methyl sites for hydroxylation is 2. The van der Waals surface area contributed by atoms with Crippen molar-refractivity contribution in [1.29, 1.82) is 0 Å². The number of nitrogens with zero attached hydrogens (tertiary/aromatic N) is 4. The van der Waals surface area contributed by atoms with Crippen molar-refractivity contribution in [2.24, 2.45) is 7.05 Å². The van der Waals surface area contributed by atoms with Crippen LogP contribution in [0.2, 0.25) is 5.15 Å². The summed E-state index contributed by atoms with van der Waals surface area (Å²) >= 11 is 5.91. The molecule has 2 aromatic heterocycles. The van der Waals surface area contributed by atoms with E-state index in [1.807, 2.05) is 6.92 Å². The number of aromatic amines is 1. The van der Waals surface area contributed by atoms with E-state index in [0.29, 0.717) is 17.8 Å². The Bertz CT molecular complexity index is 1170. The second kappa shape index (κ2) is 7.47. The van der Waals surface area contributed by atoms with Crippen LogP contribution in [0.25, 0.3) is 0 Å². The summed E-state index contributed by atoms with van der Waals surface area (Å²) in [4.78, 5) is 42.1. The Balaban J connectivity index is 2.01. The molecule has 0 aliphatic carbocycles. The first-order chi connectivity index (χ1) is 13.3. The zero-order valence-electron chi connectivity index (χ0n) is 15.3. The fourth-order valence-electron chi connectivity index (χ4n) is 2.84. The predicted octanol–water partition coefficient (Wildman–Crippen LogP) is 0.764. The molecule has 1 aromatic carbocycles. The lowest BCUT2D eigenvalue weighted by atomic mass is 10.0. The van der Waals surface area contributed by atoms with Gasteiger partial charge in [0.15, 0.2) is 5.82 Å². The number of hydrogen-bond acceptors (Lipinski definition) is 5. The van der Waals surface area contributed by atoms with Crippen LogP contribution in [0.1, 0.15) is 34.2 Å². The van der Waals surface area contributed by atoms with Gasteiger partial charge >= 0.3 is 5.69 Å². The van der Waals surface area contributed by atoms with Gasteiger partial charge in [-0.15, -0.1) is 4.73 Å².